The van der Waals surface area contributed by atoms with Gasteiger partial charge >= 0.3 is 0 Å². The molecular weight excluding hydrogens is 476 g/mol. The molecule has 0 N–H and O–H groups in total. The molecule has 1 aliphatic carbocycles. The number of rotatable bonds is 5. The van der Waals surface area contributed by atoms with Gasteiger partial charge in [-0.2, -0.15) is 0 Å². The summed E-state index contributed by atoms with van der Waals surface area (Å²) in [5.74, 6) is 0. The van der Waals surface area contributed by atoms with E-state index in [0.29, 0.717) is 4.90 Å². The van der Waals surface area contributed by atoms with Crippen LogP contribution < -0.4 is 0 Å². The molecule has 0 saturated carbocycles. The smallest absolute Gasteiger partial charge is 0.186 e. The van der Waals surface area contributed by atoms with Crippen molar-refractivity contribution in [3.63, 3.8) is 0 Å². The Bertz CT molecular complexity index is 816. The zero-order valence-electron chi connectivity index (χ0n) is 16.1. The molecule has 0 fully saturated rings. The first-order chi connectivity index (χ1) is 11.8. The Morgan fingerprint density at radius 2 is 1.58 bits per heavy atom. The quantitative estimate of drug-likeness (QED) is 0.418. The van der Waals surface area contributed by atoms with Crippen LogP contribution in [0.1, 0.15) is 47.5 Å². The van der Waals surface area contributed by atoms with E-state index in [9.17, 15) is 8.42 Å². The lowest BCUT2D eigenvalue weighted by atomic mass is 9.62. The van der Waals surface area contributed by atoms with Crippen molar-refractivity contribution in [1.29, 1.82) is 0 Å². The van der Waals surface area contributed by atoms with Gasteiger partial charge in [-0.15, -0.1) is 0 Å². The van der Waals surface area contributed by atoms with Crippen LogP contribution in [-0.2, 0) is 9.84 Å². The van der Waals surface area contributed by atoms with Gasteiger partial charge in [0.05, 0.1) is 4.90 Å². The van der Waals surface area contributed by atoms with E-state index in [0.717, 1.165) is 28.5 Å². The van der Waals surface area contributed by atoms with Crippen LogP contribution in [0.5, 0.6) is 0 Å². The highest BCUT2D eigenvalue weighted by Crippen LogP contribution is 2.52. The Morgan fingerprint density at radius 1 is 1.08 bits per heavy atom. The summed E-state index contributed by atoms with van der Waals surface area (Å²) in [7, 11) is -3.55. The van der Waals surface area contributed by atoms with Crippen molar-refractivity contribution in [2.24, 2.45) is 10.8 Å². The average Bonchev–Trinajstić information content (AvgIpc) is 2.51. The molecule has 0 amide bonds. The third-order valence-electron chi connectivity index (χ3n) is 5.51. The largest absolute Gasteiger partial charge is 0.223 e. The summed E-state index contributed by atoms with van der Waals surface area (Å²) in [4.78, 5) is 0.140. The van der Waals surface area contributed by atoms with Crippen molar-refractivity contribution in [2.45, 2.75) is 62.4 Å². The van der Waals surface area contributed by atoms with Crippen molar-refractivity contribution in [3.8, 4) is 0 Å². The molecule has 2 nitrogen and oxygen atoms in total. The molecule has 0 radical (unpaired) electrons. The second kappa shape index (κ2) is 7.56. The topological polar surface area (TPSA) is 34.1 Å². The monoisotopic (exact) mass is 502 g/mol. The Morgan fingerprint density at radius 3 is 2.04 bits per heavy atom. The molecule has 1 aromatic rings. The first kappa shape index (κ1) is 21.9. The van der Waals surface area contributed by atoms with Gasteiger partial charge < -0.3 is 0 Å². The maximum atomic E-state index is 13.6. The SMILES string of the molecule is C=CC1=C(C(C(C)Br)S(=O)(=O)c2ccc(Br)cc2)C(C)(C)CCC1(C)C. The summed E-state index contributed by atoms with van der Waals surface area (Å²) in [5.41, 5.74) is 1.79. The molecule has 2 unspecified atom stereocenters. The van der Waals surface area contributed by atoms with Crippen LogP contribution in [0.4, 0.5) is 0 Å². The van der Waals surface area contributed by atoms with Gasteiger partial charge in [0, 0.05) is 9.30 Å². The molecule has 1 aliphatic rings. The Hall–Kier alpha value is -0.390. The Balaban J connectivity index is 2.77. The van der Waals surface area contributed by atoms with Crippen LogP contribution in [0.15, 0.2) is 57.4 Å². The van der Waals surface area contributed by atoms with Gasteiger partial charge in [0.2, 0.25) is 0 Å². The predicted octanol–water partition coefficient (Wildman–Crippen LogP) is 6.70. The van der Waals surface area contributed by atoms with Gasteiger partial charge in [-0.25, -0.2) is 8.42 Å². The lowest BCUT2D eigenvalue weighted by molar-refractivity contribution is 0.261. The molecule has 2 atom stereocenters. The number of sulfone groups is 1. The molecule has 0 saturated heterocycles. The minimum Gasteiger partial charge on any atom is -0.223 e. The third kappa shape index (κ3) is 4.05. The summed E-state index contributed by atoms with van der Waals surface area (Å²) in [6.45, 7) is 14.6. The summed E-state index contributed by atoms with van der Waals surface area (Å²) >= 11 is 6.99. The van der Waals surface area contributed by atoms with E-state index in [1.165, 1.54) is 0 Å². The third-order valence-corrected chi connectivity index (χ3v) is 9.15. The molecule has 0 spiro atoms. The van der Waals surface area contributed by atoms with E-state index in [-0.39, 0.29) is 15.7 Å². The van der Waals surface area contributed by atoms with E-state index in [2.05, 4.69) is 66.1 Å². The highest BCUT2D eigenvalue weighted by molar-refractivity contribution is 9.10. The minimum absolute atomic E-state index is 0.0814. The second-order valence-corrected chi connectivity index (χ2v) is 12.8. The van der Waals surface area contributed by atoms with Crippen LogP contribution in [0.3, 0.4) is 0 Å². The summed E-state index contributed by atoms with van der Waals surface area (Å²) in [5, 5.41) is -0.633. The number of allylic oxidation sites excluding steroid dienone is 2. The van der Waals surface area contributed by atoms with Gasteiger partial charge in [0.15, 0.2) is 9.84 Å². The van der Waals surface area contributed by atoms with Crippen LogP contribution >= 0.6 is 31.9 Å². The molecule has 1 aromatic carbocycles. The number of benzene rings is 1. The first-order valence-electron chi connectivity index (χ1n) is 8.86. The molecule has 0 heterocycles. The van der Waals surface area contributed by atoms with E-state index in [1.54, 1.807) is 24.3 Å². The zero-order chi connectivity index (χ0) is 19.9. The fourth-order valence-corrected chi connectivity index (χ4v) is 7.39. The standard InChI is InChI=1S/C21H28Br2O2S/c1-7-17-18(21(5,6)13-12-20(17,3)4)19(14(2)22)26(24,25)16-10-8-15(23)9-11-16/h7-11,14,19H,1,12-13H2,2-6H3. The summed E-state index contributed by atoms with van der Waals surface area (Å²) < 4.78 is 28.1. The molecule has 5 heteroatoms. The molecule has 0 aromatic heterocycles. The van der Waals surface area contributed by atoms with Crippen molar-refractivity contribution in [1.82, 2.24) is 0 Å². The van der Waals surface area contributed by atoms with Crippen molar-refractivity contribution < 1.29 is 8.42 Å². The van der Waals surface area contributed by atoms with Gasteiger partial charge in [-0.05, 0) is 59.1 Å². The molecule has 26 heavy (non-hydrogen) atoms. The van der Waals surface area contributed by atoms with E-state index < -0.39 is 15.1 Å². The molecule has 0 bridgehead atoms. The van der Waals surface area contributed by atoms with Gasteiger partial charge in [0.25, 0.3) is 0 Å². The maximum Gasteiger partial charge on any atom is 0.186 e. The summed E-state index contributed by atoms with van der Waals surface area (Å²) in [6, 6.07) is 6.91. The van der Waals surface area contributed by atoms with E-state index in [4.69, 9.17) is 0 Å². The number of hydrogen-bond acceptors (Lipinski definition) is 2. The Kier molecular flexibility index (Phi) is 6.37. The number of hydrogen-bond donors (Lipinski definition) is 0. The highest BCUT2D eigenvalue weighted by atomic mass is 79.9. The molecule has 0 aliphatic heterocycles. The predicted molar refractivity (Wildman–Crippen MR) is 118 cm³/mol. The average molecular weight is 504 g/mol. The first-order valence-corrected chi connectivity index (χ1v) is 12.1. The van der Waals surface area contributed by atoms with E-state index in [1.807, 2.05) is 13.0 Å². The maximum absolute atomic E-state index is 13.6. The van der Waals surface area contributed by atoms with Gasteiger partial charge in [-0.3, -0.25) is 0 Å². The highest BCUT2D eigenvalue weighted by Gasteiger charge is 2.46. The normalized spacial score (nSPS) is 22.0. The van der Waals surface area contributed by atoms with Crippen molar-refractivity contribution in [3.05, 3.63) is 52.5 Å². The molecule has 2 rings (SSSR count). The van der Waals surface area contributed by atoms with Crippen molar-refractivity contribution in [2.75, 3.05) is 0 Å². The number of halogens is 2. The van der Waals surface area contributed by atoms with Crippen LogP contribution in [0.25, 0.3) is 0 Å². The molecular formula is C21H28Br2O2S. The Labute approximate surface area is 175 Å². The zero-order valence-corrected chi connectivity index (χ0v) is 20.1. The van der Waals surface area contributed by atoms with Crippen LogP contribution in [0, 0.1) is 10.8 Å². The van der Waals surface area contributed by atoms with Gasteiger partial charge in [-0.1, -0.05) is 79.1 Å². The van der Waals surface area contributed by atoms with Crippen molar-refractivity contribution >= 4 is 41.7 Å². The van der Waals surface area contributed by atoms with E-state index >= 15 is 0 Å². The lowest BCUT2D eigenvalue weighted by Gasteiger charge is -2.46. The fraction of sp³-hybridized carbons (Fsp3) is 0.524. The second-order valence-electron chi connectivity index (χ2n) is 8.40. The molecule has 144 valence electrons. The fourth-order valence-electron chi connectivity index (χ4n) is 3.95. The minimum atomic E-state index is -3.55. The van der Waals surface area contributed by atoms with Crippen LogP contribution in [-0.4, -0.2) is 18.5 Å². The lowest BCUT2D eigenvalue weighted by Crippen LogP contribution is -2.42. The van der Waals surface area contributed by atoms with Crippen LogP contribution in [0.2, 0.25) is 0 Å². The number of alkyl halides is 1. The summed E-state index contributed by atoms with van der Waals surface area (Å²) in [6.07, 6.45) is 3.85. The van der Waals surface area contributed by atoms with Gasteiger partial charge in [0.1, 0.15) is 5.25 Å².